The number of hydrogen-bond acceptors (Lipinski definition) is 2. The highest BCUT2D eigenvalue weighted by Crippen LogP contribution is 2.43. The van der Waals surface area contributed by atoms with Crippen LogP contribution in [-0.2, 0) is 9.59 Å². The summed E-state index contributed by atoms with van der Waals surface area (Å²) >= 11 is 0. The number of carboxylic acid groups (broad SMARTS) is 1. The van der Waals surface area contributed by atoms with Gasteiger partial charge < -0.3 is 10.4 Å². The lowest BCUT2D eigenvalue weighted by Gasteiger charge is -2.42. The van der Waals surface area contributed by atoms with Gasteiger partial charge >= 0.3 is 5.97 Å². The summed E-state index contributed by atoms with van der Waals surface area (Å²) in [7, 11) is 0. The van der Waals surface area contributed by atoms with Gasteiger partial charge in [0.2, 0.25) is 5.91 Å². The Labute approximate surface area is 120 Å². The first-order valence-electron chi connectivity index (χ1n) is 8.16. The van der Waals surface area contributed by atoms with Crippen molar-refractivity contribution in [2.45, 2.75) is 69.7 Å². The van der Waals surface area contributed by atoms with E-state index in [2.05, 4.69) is 5.32 Å². The summed E-state index contributed by atoms with van der Waals surface area (Å²) in [5, 5.41) is 12.2. The molecule has 0 aliphatic heterocycles. The number of fused-ring (bicyclic) bond motifs is 1. The third kappa shape index (κ3) is 2.45. The Morgan fingerprint density at radius 2 is 1.65 bits per heavy atom. The average Bonchev–Trinajstić information content (AvgIpc) is 2.41. The number of rotatable bonds is 3. The van der Waals surface area contributed by atoms with Crippen molar-refractivity contribution < 1.29 is 14.7 Å². The predicted molar refractivity (Wildman–Crippen MR) is 75.1 cm³/mol. The summed E-state index contributed by atoms with van der Waals surface area (Å²) in [6.45, 7) is 0. The molecule has 20 heavy (non-hydrogen) atoms. The Morgan fingerprint density at radius 3 is 2.25 bits per heavy atom. The van der Waals surface area contributed by atoms with Crippen LogP contribution in [0.15, 0.2) is 0 Å². The van der Waals surface area contributed by atoms with Crippen molar-refractivity contribution in [2.75, 3.05) is 0 Å². The zero-order chi connectivity index (χ0) is 14.2. The summed E-state index contributed by atoms with van der Waals surface area (Å²) in [6, 6.07) is 0. The van der Waals surface area contributed by atoms with Gasteiger partial charge in [0.15, 0.2) is 0 Å². The normalized spacial score (nSPS) is 35.5. The fourth-order valence-corrected chi connectivity index (χ4v) is 4.37. The molecule has 3 rings (SSSR count). The molecule has 1 amide bonds. The van der Waals surface area contributed by atoms with E-state index in [-0.39, 0.29) is 11.8 Å². The average molecular weight is 279 g/mol. The molecule has 0 bridgehead atoms. The summed E-state index contributed by atoms with van der Waals surface area (Å²) in [4.78, 5) is 23.7. The van der Waals surface area contributed by atoms with Crippen molar-refractivity contribution >= 4 is 11.9 Å². The highest BCUT2D eigenvalue weighted by atomic mass is 16.4. The summed E-state index contributed by atoms with van der Waals surface area (Å²) in [5.74, 6) is 0.714. The molecule has 3 fully saturated rings. The zero-order valence-corrected chi connectivity index (χ0v) is 12.1. The summed E-state index contributed by atoms with van der Waals surface area (Å²) < 4.78 is 0. The maximum absolute atomic E-state index is 12.4. The zero-order valence-electron chi connectivity index (χ0n) is 12.1. The Hall–Kier alpha value is -1.06. The van der Waals surface area contributed by atoms with Gasteiger partial charge in [-0.3, -0.25) is 4.79 Å². The SMILES string of the molecule is O=C(NC1(C(=O)O)CCC1)C1CCC2CCCCC2C1. The monoisotopic (exact) mass is 279 g/mol. The van der Waals surface area contributed by atoms with Crippen LogP contribution in [0, 0.1) is 17.8 Å². The van der Waals surface area contributed by atoms with Crippen LogP contribution in [0.5, 0.6) is 0 Å². The molecule has 3 atom stereocenters. The number of nitrogens with one attached hydrogen (secondary N) is 1. The van der Waals surface area contributed by atoms with Crippen molar-refractivity contribution in [3.63, 3.8) is 0 Å². The van der Waals surface area contributed by atoms with Gasteiger partial charge in [-0.15, -0.1) is 0 Å². The Kier molecular flexibility index (Phi) is 3.74. The standard InChI is InChI=1S/C16H25NO3/c18-14(17-16(15(19)20)8-3-9-16)13-7-6-11-4-1-2-5-12(11)10-13/h11-13H,1-10H2,(H,17,18)(H,19,20). The predicted octanol–water partition coefficient (Wildman–Crippen LogP) is 2.72. The Morgan fingerprint density at radius 1 is 0.950 bits per heavy atom. The Bertz CT molecular complexity index is 403. The molecule has 3 aliphatic rings. The maximum atomic E-state index is 12.4. The molecule has 0 aromatic carbocycles. The van der Waals surface area contributed by atoms with Crippen molar-refractivity contribution in [3.8, 4) is 0 Å². The highest BCUT2D eigenvalue weighted by molar-refractivity contribution is 5.88. The minimum atomic E-state index is -0.944. The molecule has 3 saturated carbocycles. The molecular formula is C16H25NO3. The molecule has 0 heterocycles. The van der Waals surface area contributed by atoms with Gasteiger partial charge in [0.05, 0.1) is 0 Å². The lowest BCUT2D eigenvalue weighted by Crippen LogP contribution is -2.60. The second-order valence-electron chi connectivity index (χ2n) is 7.04. The van der Waals surface area contributed by atoms with Crippen LogP contribution < -0.4 is 5.32 Å². The van der Waals surface area contributed by atoms with E-state index in [4.69, 9.17) is 0 Å². The van der Waals surface area contributed by atoms with Crippen LogP contribution in [0.2, 0.25) is 0 Å². The van der Waals surface area contributed by atoms with Crippen LogP contribution in [0.1, 0.15) is 64.2 Å². The molecule has 0 aromatic heterocycles. The molecule has 2 N–H and O–H groups in total. The first-order valence-corrected chi connectivity index (χ1v) is 8.16. The van der Waals surface area contributed by atoms with E-state index in [9.17, 15) is 14.7 Å². The summed E-state index contributed by atoms with van der Waals surface area (Å²) in [5.41, 5.74) is -0.944. The molecule has 0 saturated heterocycles. The lowest BCUT2D eigenvalue weighted by atomic mass is 9.67. The topological polar surface area (TPSA) is 66.4 Å². The van der Waals surface area contributed by atoms with Gasteiger partial charge in [-0.1, -0.05) is 25.7 Å². The third-order valence-corrected chi connectivity index (χ3v) is 5.89. The maximum Gasteiger partial charge on any atom is 0.329 e. The van der Waals surface area contributed by atoms with Gasteiger partial charge in [-0.2, -0.15) is 0 Å². The second kappa shape index (κ2) is 5.38. The smallest absolute Gasteiger partial charge is 0.329 e. The third-order valence-electron chi connectivity index (χ3n) is 5.89. The number of aliphatic carboxylic acids is 1. The van der Waals surface area contributed by atoms with Crippen molar-refractivity contribution in [1.82, 2.24) is 5.32 Å². The largest absolute Gasteiger partial charge is 0.480 e. The minimum Gasteiger partial charge on any atom is -0.480 e. The molecule has 0 radical (unpaired) electrons. The van der Waals surface area contributed by atoms with Gasteiger partial charge in [0.1, 0.15) is 5.54 Å². The molecule has 4 nitrogen and oxygen atoms in total. The van der Waals surface area contributed by atoms with E-state index in [0.29, 0.717) is 18.8 Å². The van der Waals surface area contributed by atoms with E-state index in [1.54, 1.807) is 0 Å². The number of amides is 1. The Balaban J connectivity index is 1.59. The van der Waals surface area contributed by atoms with E-state index >= 15 is 0 Å². The number of carboxylic acids is 1. The molecule has 0 spiro atoms. The molecular weight excluding hydrogens is 254 g/mol. The molecule has 4 heteroatoms. The van der Waals surface area contributed by atoms with Gasteiger partial charge in [-0.05, 0) is 50.4 Å². The summed E-state index contributed by atoms with van der Waals surface area (Å²) in [6.07, 6.45) is 10.4. The molecule has 3 aliphatic carbocycles. The van der Waals surface area contributed by atoms with Crippen molar-refractivity contribution in [2.24, 2.45) is 17.8 Å². The minimum absolute atomic E-state index is 0.00359. The lowest BCUT2D eigenvalue weighted by molar-refractivity contribution is -0.153. The van der Waals surface area contributed by atoms with E-state index in [0.717, 1.165) is 31.6 Å². The molecule has 0 aromatic rings. The molecule has 3 unspecified atom stereocenters. The first kappa shape index (κ1) is 13.9. The van der Waals surface area contributed by atoms with Crippen LogP contribution in [0.25, 0.3) is 0 Å². The van der Waals surface area contributed by atoms with Crippen LogP contribution in [0.4, 0.5) is 0 Å². The van der Waals surface area contributed by atoms with Gasteiger partial charge in [-0.25, -0.2) is 4.79 Å². The number of hydrogen-bond donors (Lipinski definition) is 2. The first-order chi connectivity index (χ1) is 9.61. The van der Waals surface area contributed by atoms with Crippen LogP contribution >= 0.6 is 0 Å². The van der Waals surface area contributed by atoms with E-state index in [1.807, 2.05) is 0 Å². The van der Waals surface area contributed by atoms with Crippen LogP contribution in [0.3, 0.4) is 0 Å². The highest BCUT2D eigenvalue weighted by Gasteiger charge is 2.47. The van der Waals surface area contributed by atoms with E-state index in [1.165, 1.54) is 25.7 Å². The van der Waals surface area contributed by atoms with Crippen LogP contribution in [-0.4, -0.2) is 22.5 Å². The fourth-order valence-electron chi connectivity index (χ4n) is 4.37. The fraction of sp³-hybridized carbons (Fsp3) is 0.875. The van der Waals surface area contributed by atoms with Gasteiger partial charge in [0, 0.05) is 5.92 Å². The molecule has 112 valence electrons. The van der Waals surface area contributed by atoms with Gasteiger partial charge in [0.25, 0.3) is 0 Å². The van der Waals surface area contributed by atoms with Crippen molar-refractivity contribution in [3.05, 3.63) is 0 Å². The quantitative estimate of drug-likeness (QED) is 0.834. The number of carbonyl (C=O) groups is 2. The van der Waals surface area contributed by atoms with Crippen molar-refractivity contribution in [1.29, 1.82) is 0 Å². The van der Waals surface area contributed by atoms with E-state index < -0.39 is 11.5 Å². The number of carbonyl (C=O) groups excluding carboxylic acids is 1. The second-order valence-corrected chi connectivity index (χ2v) is 7.04.